The van der Waals surface area contributed by atoms with Crippen molar-refractivity contribution < 1.29 is 19.1 Å². The fraction of sp³-hybridized carbons (Fsp3) is 0.455. The van der Waals surface area contributed by atoms with Gasteiger partial charge in [0.05, 0.1) is 17.4 Å². The van der Waals surface area contributed by atoms with Crippen molar-refractivity contribution in [1.82, 2.24) is 4.90 Å². The Hall–Kier alpha value is -2.34. The van der Waals surface area contributed by atoms with Crippen molar-refractivity contribution >= 4 is 23.2 Å². The summed E-state index contributed by atoms with van der Waals surface area (Å²) in [7, 11) is 0. The number of amides is 1. The monoisotopic (exact) mass is 401 g/mol. The van der Waals surface area contributed by atoms with Gasteiger partial charge in [0.2, 0.25) is 0 Å². The van der Waals surface area contributed by atoms with Crippen LogP contribution in [-0.2, 0) is 16.1 Å². The maximum atomic E-state index is 12.9. The number of esters is 1. The van der Waals surface area contributed by atoms with Crippen molar-refractivity contribution in [1.29, 1.82) is 0 Å². The van der Waals surface area contributed by atoms with Crippen LogP contribution in [0.15, 0.2) is 29.6 Å². The Morgan fingerprint density at radius 2 is 2.11 bits per heavy atom. The van der Waals surface area contributed by atoms with Crippen LogP contribution in [0.2, 0.25) is 0 Å². The Morgan fingerprint density at radius 1 is 1.29 bits per heavy atom. The molecule has 1 fully saturated rings. The van der Waals surface area contributed by atoms with Crippen molar-refractivity contribution in [2.75, 3.05) is 19.7 Å². The molecular formula is C22H27NO4S. The first-order valence-corrected chi connectivity index (χ1v) is 10.6. The molecule has 0 aliphatic carbocycles. The minimum atomic E-state index is -0.218. The molecule has 0 bridgehead atoms. The van der Waals surface area contributed by atoms with Crippen molar-refractivity contribution in [2.24, 2.45) is 5.92 Å². The topological polar surface area (TPSA) is 55.8 Å². The number of rotatable bonds is 6. The smallest absolute Gasteiger partial charge is 0.310 e. The molecule has 5 nitrogen and oxygen atoms in total. The van der Waals surface area contributed by atoms with Gasteiger partial charge < -0.3 is 14.4 Å². The number of benzene rings is 1. The average molecular weight is 402 g/mol. The van der Waals surface area contributed by atoms with Gasteiger partial charge in [-0.15, -0.1) is 11.3 Å². The number of nitrogens with zero attached hydrogens (tertiary/aromatic N) is 1. The molecule has 1 saturated heterocycles. The van der Waals surface area contributed by atoms with Gasteiger partial charge in [0.15, 0.2) is 0 Å². The second kappa shape index (κ2) is 9.24. The highest BCUT2D eigenvalue weighted by atomic mass is 32.1. The molecule has 28 heavy (non-hydrogen) atoms. The van der Waals surface area contributed by atoms with E-state index in [0.29, 0.717) is 31.2 Å². The lowest BCUT2D eigenvalue weighted by Crippen LogP contribution is -2.42. The number of likely N-dealkylation sites (tertiary alicyclic amines) is 1. The van der Waals surface area contributed by atoms with Gasteiger partial charge in [-0.2, -0.15) is 0 Å². The van der Waals surface area contributed by atoms with Gasteiger partial charge in [-0.3, -0.25) is 9.59 Å². The summed E-state index contributed by atoms with van der Waals surface area (Å²) in [6.45, 7) is 7.83. The normalized spacial score (nSPS) is 16.7. The largest absolute Gasteiger partial charge is 0.489 e. The van der Waals surface area contributed by atoms with Crippen molar-refractivity contribution in [3.8, 4) is 5.75 Å². The zero-order valence-corrected chi connectivity index (χ0v) is 17.5. The van der Waals surface area contributed by atoms with E-state index >= 15 is 0 Å². The van der Waals surface area contributed by atoms with E-state index in [-0.39, 0.29) is 17.8 Å². The summed E-state index contributed by atoms with van der Waals surface area (Å²) in [5, 5.41) is 1.96. The maximum Gasteiger partial charge on any atom is 0.310 e. The zero-order chi connectivity index (χ0) is 20.1. The fourth-order valence-corrected chi connectivity index (χ4v) is 4.24. The molecule has 6 heteroatoms. The van der Waals surface area contributed by atoms with Crippen LogP contribution in [0, 0.1) is 19.8 Å². The second-order valence-corrected chi connectivity index (χ2v) is 8.06. The molecule has 150 valence electrons. The quantitative estimate of drug-likeness (QED) is 0.675. The molecule has 1 unspecified atom stereocenters. The van der Waals surface area contributed by atoms with Gasteiger partial charge >= 0.3 is 5.97 Å². The lowest BCUT2D eigenvalue weighted by molar-refractivity contribution is -0.149. The predicted octanol–water partition coefficient (Wildman–Crippen LogP) is 4.36. The Bertz CT molecular complexity index is 845. The molecule has 1 aromatic carbocycles. The van der Waals surface area contributed by atoms with E-state index in [0.717, 1.165) is 29.7 Å². The molecule has 1 aromatic heterocycles. The molecule has 2 heterocycles. The number of hydrogen-bond acceptors (Lipinski definition) is 5. The molecule has 2 aromatic rings. The standard InChI is InChI=1S/C22H27NO4S/c1-4-26-22(25)18-8-6-10-23(12-18)21(24)20-11-17(14-28-20)13-27-19-9-5-7-15(2)16(19)3/h5,7,9,11,14,18H,4,6,8,10,12-13H2,1-3H3. The summed E-state index contributed by atoms with van der Waals surface area (Å²) in [5.74, 6) is 0.433. The number of ether oxygens (including phenoxy) is 2. The van der Waals surface area contributed by atoms with Crippen LogP contribution in [0.5, 0.6) is 5.75 Å². The van der Waals surface area contributed by atoms with Gasteiger partial charge in [0, 0.05) is 18.7 Å². The molecular weight excluding hydrogens is 374 g/mol. The molecule has 1 amide bonds. The van der Waals surface area contributed by atoms with Gasteiger partial charge in [-0.05, 0) is 62.3 Å². The van der Waals surface area contributed by atoms with Gasteiger partial charge in [0.1, 0.15) is 12.4 Å². The number of thiophene rings is 1. The highest BCUT2D eigenvalue weighted by Crippen LogP contribution is 2.25. The van der Waals surface area contributed by atoms with E-state index < -0.39 is 0 Å². The number of carbonyl (C=O) groups is 2. The molecule has 1 aliphatic heterocycles. The first kappa shape index (κ1) is 20.4. The van der Waals surface area contributed by atoms with Gasteiger partial charge in [0.25, 0.3) is 5.91 Å². The highest BCUT2D eigenvalue weighted by Gasteiger charge is 2.30. The van der Waals surface area contributed by atoms with Gasteiger partial charge in [-0.25, -0.2) is 0 Å². The summed E-state index contributed by atoms with van der Waals surface area (Å²) in [5.41, 5.74) is 3.31. The number of aryl methyl sites for hydroxylation is 1. The van der Waals surface area contributed by atoms with Crippen molar-refractivity contribution in [3.05, 3.63) is 51.2 Å². The fourth-order valence-electron chi connectivity index (χ4n) is 3.37. The van der Waals surface area contributed by atoms with Gasteiger partial charge in [-0.1, -0.05) is 12.1 Å². The first-order chi connectivity index (χ1) is 13.5. The van der Waals surface area contributed by atoms with Crippen LogP contribution in [0.3, 0.4) is 0 Å². The lowest BCUT2D eigenvalue weighted by atomic mass is 9.98. The third kappa shape index (κ3) is 4.73. The summed E-state index contributed by atoms with van der Waals surface area (Å²) in [6, 6.07) is 7.90. The third-order valence-electron chi connectivity index (χ3n) is 5.14. The maximum absolute atomic E-state index is 12.9. The van der Waals surface area contributed by atoms with E-state index in [1.54, 1.807) is 11.8 Å². The molecule has 0 N–H and O–H groups in total. The van der Waals surface area contributed by atoms with E-state index in [1.165, 1.54) is 16.9 Å². The van der Waals surface area contributed by atoms with Crippen molar-refractivity contribution in [2.45, 2.75) is 40.2 Å². The Labute approximate surface area is 170 Å². The zero-order valence-electron chi connectivity index (χ0n) is 16.7. The molecule has 0 spiro atoms. The Kier molecular flexibility index (Phi) is 6.73. The lowest BCUT2D eigenvalue weighted by Gasteiger charge is -2.31. The summed E-state index contributed by atoms with van der Waals surface area (Å²) < 4.78 is 11.1. The Balaban J connectivity index is 1.60. The molecule has 1 aliphatic rings. The third-order valence-corrected chi connectivity index (χ3v) is 6.11. The first-order valence-electron chi connectivity index (χ1n) is 9.72. The minimum absolute atomic E-state index is 0.0167. The van der Waals surface area contributed by atoms with Crippen LogP contribution >= 0.6 is 11.3 Å². The van der Waals surface area contributed by atoms with Crippen LogP contribution in [0.4, 0.5) is 0 Å². The summed E-state index contributed by atoms with van der Waals surface area (Å²) >= 11 is 1.43. The van der Waals surface area contributed by atoms with Crippen molar-refractivity contribution in [3.63, 3.8) is 0 Å². The number of hydrogen-bond donors (Lipinski definition) is 0. The Morgan fingerprint density at radius 3 is 2.89 bits per heavy atom. The second-order valence-electron chi connectivity index (χ2n) is 7.15. The molecule has 3 rings (SSSR count). The van der Waals surface area contributed by atoms with E-state index in [4.69, 9.17) is 9.47 Å². The molecule has 1 atom stereocenters. The predicted molar refractivity (Wildman–Crippen MR) is 110 cm³/mol. The molecule has 0 saturated carbocycles. The molecule has 0 radical (unpaired) electrons. The number of carbonyl (C=O) groups excluding carboxylic acids is 2. The summed E-state index contributed by atoms with van der Waals surface area (Å²) in [4.78, 5) is 27.3. The summed E-state index contributed by atoms with van der Waals surface area (Å²) in [6.07, 6.45) is 1.60. The van der Waals surface area contributed by atoms with Crippen LogP contribution in [-0.4, -0.2) is 36.5 Å². The average Bonchev–Trinajstić information content (AvgIpc) is 3.18. The van der Waals surface area contributed by atoms with Crippen LogP contribution in [0.25, 0.3) is 0 Å². The number of piperidine rings is 1. The van der Waals surface area contributed by atoms with Crippen LogP contribution < -0.4 is 4.74 Å². The minimum Gasteiger partial charge on any atom is -0.489 e. The van der Waals surface area contributed by atoms with E-state index in [2.05, 4.69) is 13.0 Å². The SMILES string of the molecule is CCOC(=O)C1CCCN(C(=O)c2cc(COc3cccc(C)c3C)cs2)C1. The van der Waals surface area contributed by atoms with Crippen LogP contribution in [0.1, 0.15) is 46.1 Å². The highest BCUT2D eigenvalue weighted by molar-refractivity contribution is 7.12. The van der Waals surface area contributed by atoms with E-state index in [9.17, 15) is 9.59 Å². The van der Waals surface area contributed by atoms with E-state index in [1.807, 2.05) is 30.5 Å².